The fraction of sp³-hybridized carbons (Fsp3) is 0.840. The Hall–Kier alpha value is -1.44. The maximum absolute atomic E-state index is 11.7. The summed E-state index contributed by atoms with van der Waals surface area (Å²) in [7, 11) is 0. The van der Waals surface area contributed by atoms with Crippen LogP contribution >= 0.6 is 0 Å². The van der Waals surface area contributed by atoms with Gasteiger partial charge in [0.15, 0.2) is 0 Å². The Labute approximate surface area is 192 Å². The largest absolute Gasteiger partial charge is 0.463 e. The lowest BCUT2D eigenvalue weighted by atomic mass is 10.0. The summed E-state index contributed by atoms with van der Waals surface area (Å²) in [6.07, 6.45) is 13.5. The molecule has 0 amide bonds. The van der Waals surface area contributed by atoms with Gasteiger partial charge < -0.3 is 24.1 Å². The predicted octanol–water partition coefficient (Wildman–Crippen LogP) is 4.25. The number of unbranched alkanes of at least 4 members (excludes halogenated alkanes) is 6. The van der Waals surface area contributed by atoms with Crippen LogP contribution in [0.1, 0.15) is 90.9 Å². The Kier molecular flexibility index (Phi) is 12.3. The lowest BCUT2D eigenvalue weighted by molar-refractivity contribution is -0.150. The van der Waals surface area contributed by atoms with Crippen LogP contribution in [-0.4, -0.2) is 60.8 Å². The van der Waals surface area contributed by atoms with Gasteiger partial charge in [0.05, 0.1) is 24.4 Å². The van der Waals surface area contributed by atoms with Crippen LogP contribution in [-0.2, 0) is 28.5 Å². The maximum atomic E-state index is 11.7. The van der Waals surface area contributed by atoms with Gasteiger partial charge in [0, 0.05) is 18.4 Å². The van der Waals surface area contributed by atoms with E-state index in [0.717, 1.165) is 44.9 Å². The van der Waals surface area contributed by atoms with Crippen molar-refractivity contribution in [3.05, 3.63) is 12.2 Å². The van der Waals surface area contributed by atoms with E-state index in [1.54, 1.807) is 0 Å². The molecule has 2 heterocycles. The van der Waals surface area contributed by atoms with E-state index in [2.05, 4.69) is 13.5 Å². The van der Waals surface area contributed by atoms with Gasteiger partial charge in [0.2, 0.25) is 0 Å². The summed E-state index contributed by atoms with van der Waals surface area (Å²) in [6.45, 7) is 6.83. The minimum absolute atomic E-state index is 0.170. The van der Waals surface area contributed by atoms with E-state index in [9.17, 15) is 14.7 Å². The van der Waals surface area contributed by atoms with Gasteiger partial charge in [-0.3, -0.25) is 4.79 Å². The molecule has 5 unspecified atom stereocenters. The van der Waals surface area contributed by atoms with Gasteiger partial charge in [-0.1, -0.05) is 58.4 Å². The first-order chi connectivity index (χ1) is 15.4. The topological polar surface area (TPSA) is 97.9 Å². The van der Waals surface area contributed by atoms with E-state index in [1.807, 2.05) is 0 Å². The van der Waals surface area contributed by atoms with Crippen LogP contribution in [0.3, 0.4) is 0 Å². The van der Waals surface area contributed by atoms with Crippen LogP contribution in [0.25, 0.3) is 0 Å². The van der Waals surface area contributed by atoms with Gasteiger partial charge in [0.25, 0.3) is 0 Å². The highest BCUT2D eigenvalue weighted by Crippen LogP contribution is 2.39. The third-order valence-electron chi connectivity index (χ3n) is 5.99. The number of ether oxygens (including phenoxy) is 4. The molecule has 2 rings (SSSR count). The first kappa shape index (κ1) is 26.8. The number of carbonyl (C=O) groups is 2. The van der Waals surface area contributed by atoms with Crippen LogP contribution in [0.4, 0.5) is 0 Å². The average Bonchev–Trinajstić information content (AvgIpc) is 3.68. The number of hydrogen-bond acceptors (Lipinski definition) is 7. The van der Waals surface area contributed by atoms with E-state index in [4.69, 9.17) is 18.9 Å². The summed E-state index contributed by atoms with van der Waals surface area (Å²) in [5.41, 5.74) is 0.262. The Balaban J connectivity index is 1.34. The maximum Gasteiger partial charge on any atom is 0.333 e. The summed E-state index contributed by atoms with van der Waals surface area (Å²) in [5.74, 6) is -0.901. The number of esters is 2. The summed E-state index contributed by atoms with van der Waals surface area (Å²) < 4.78 is 21.4. The first-order valence-corrected chi connectivity index (χ1v) is 12.4. The highest BCUT2D eigenvalue weighted by atomic mass is 16.6. The molecule has 0 bridgehead atoms. The molecule has 2 fully saturated rings. The average molecular weight is 455 g/mol. The summed E-state index contributed by atoms with van der Waals surface area (Å²) in [6, 6.07) is 0. The molecule has 0 radical (unpaired) electrons. The number of rotatable bonds is 19. The Bertz CT molecular complexity index is 591. The van der Waals surface area contributed by atoms with E-state index >= 15 is 0 Å². The fourth-order valence-corrected chi connectivity index (χ4v) is 3.86. The smallest absolute Gasteiger partial charge is 0.333 e. The fourth-order valence-electron chi connectivity index (χ4n) is 3.86. The number of carbonyl (C=O) groups excluding carboxylic acids is 2. The third kappa shape index (κ3) is 11.4. The Morgan fingerprint density at radius 3 is 2.06 bits per heavy atom. The highest BCUT2D eigenvalue weighted by Gasteiger charge is 2.47. The predicted molar refractivity (Wildman–Crippen MR) is 121 cm³/mol. The van der Waals surface area contributed by atoms with Crippen LogP contribution in [0.2, 0.25) is 0 Å². The SMILES string of the molecule is C=C(C)C(=O)OCC(O)COC(=O)CCCCCCCC1OC1CC1OC1CCCCC. The molecule has 0 aromatic rings. The molecule has 5 atom stereocenters. The van der Waals surface area contributed by atoms with Gasteiger partial charge in [-0.25, -0.2) is 4.79 Å². The summed E-state index contributed by atoms with van der Waals surface area (Å²) >= 11 is 0. The monoisotopic (exact) mass is 454 g/mol. The number of hydrogen-bond donors (Lipinski definition) is 1. The van der Waals surface area contributed by atoms with E-state index in [-0.39, 0.29) is 24.8 Å². The van der Waals surface area contributed by atoms with Gasteiger partial charge in [-0.15, -0.1) is 0 Å². The van der Waals surface area contributed by atoms with Crippen LogP contribution in [0.15, 0.2) is 12.2 Å². The molecule has 0 spiro atoms. The van der Waals surface area contributed by atoms with Crippen LogP contribution in [0.5, 0.6) is 0 Å². The molecule has 0 aliphatic carbocycles. The lowest BCUT2D eigenvalue weighted by Gasteiger charge is -2.12. The molecule has 2 aliphatic rings. The highest BCUT2D eigenvalue weighted by molar-refractivity contribution is 5.86. The Morgan fingerprint density at radius 2 is 1.44 bits per heavy atom. The second kappa shape index (κ2) is 14.7. The molecule has 0 saturated carbocycles. The second-order valence-electron chi connectivity index (χ2n) is 9.18. The van der Waals surface area contributed by atoms with E-state index in [0.29, 0.717) is 30.8 Å². The quantitative estimate of drug-likeness (QED) is 0.135. The summed E-state index contributed by atoms with van der Waals surface area (Å²) in [4.78, 5) is 23.0. The normalized spacial score (nSPS) is 24.6. The van der Waals surface area contributed by atoms with Crippen LogP contribution < -0.4 is 0 Å². The van der Waals surface area contributed by atoms with Crippen molar-refractivity contribution in [2.75, 3.05) is 13.2 Å². The zero-order valence-corrected chi connectivity index (χ0v) is 19.9. The molecule has 7 heteroatoms. The molecule has 0 aromatic heterocycles. The van der Waals surface area contributed by atoms with Gasteiger partial charge in [0.1, 0.15) is 19.3 Å². The molecule has 2 saturated heterocycles. The first-order valence-electron chi connectivity index (χ1n) is 12.4. The van der Waals surface area contributed by atoms with Crippen molar-refractivity contribution in [1.29, 1.82) is 0 Å². The van der Waals surface area contributed by atoms with Crippen molar-refractivity contribution in [2.24, 2.45) is 0 Å². The third-order valence-corrected chi connectivity index (χ3v) is 5.99. The lowest BCUT2D eigenvalue weighted by Crippen LogP contribution is -2.25. The van der Waals surface area contributed by atoms with E-state index < -0.39 is 12.1 Å². The number of aliphatic hydroxyl groups is 1. The van der Waals surface area contributed by atoms with Crippen molar-refractivity contribution < 1.29 is 33.6 Å². The van der Waals surface area contributed by atoms with Gasteiger partial charge >= 0.3 is 11.9 Å². The molecule has 7 nitrogen and oxygen atoms in total. The van der Waals surface area contributed by atoms with Crippen molar-refractivity contribution in [2.45, 2.75) is 121 Å². The van der Waals surface area contributed by atoms with Gasteiger partial charge in [-0.2, -0.15) is 0 Å². The zero-order valence-electron chi connectivity index (χ0n) is 19.9. The minimum atomic E-state index is -1.02. The standard InChI is InChI=1S/C25H42O7/c1-4-5-9-12-20-22(31-20)15-23-21(32-23)13-10-7-6-8-11-14-24(27)29-16-19(26)17-30-25(28)18(2)3/h19-23,26H,2,4-17H2,1,3H3. The minimum Gasteiger partial charge on any atom is -0.463 e. The summed E-state index contributed by atoms with van der Waals surface area (Å²) in [5, 5.41) is 9.67. The second-order valence-corrected chi connectivity index (χ2v) is 9.18. The number of epoxide rings is 2. The molecule has 1 N–H and O–H groups in total. The molecule has 0 aromatic carbocycles. The molecule has 2 aliphatic heterocycles. The van der Waals surface area contributed by atoms with Crippen molar-refractivity contribution in [3.63, 3.8) is 0 Å². The molecule has 32 heavy (non-hydrogen) atoms. The number of aliphatic hydroxyl groups excluding tert-OH is 1. The molecular formula is C25H42O7. The van der Waals surface area contributed by atoms with Gasteiger partial charge in [-0.05, 0) is 26.2 Å². The van der Waals surface area contributed by atoms with Crippen LogP contribution in [0, 0.1) is 0 Å². The van der Waals surface area contributed by atoms with Crippen molar-refractivity contribution in [1.82, 2.24) is 0 Å². The van der Waals surface area contributed by atoms with Crippen molar-refractivity contribution >= 4 is 11.9 Å². The zero-order chi connectivity index (χ0) is 23.3. The molecule has 184 valence electrons. The molecular weight excluding hydrogens is 412 g/mol. The Morgan fingerprint density at radius 1 is 0.875 bits per heavy atom. The van der Waals surface area contributed by atoms with E-state index in [1.165, 1.54) is 32.6 Å². The van der Waals surface area contributed by atoms with Crippen molar-refractivity contribution in [3.8, 4) is 0 Å².